The second-order valence-electron chi connectivity index (χ2n) is 4.37. The van der Waals surface area contributed by atoms with E-state index in [9.17, 15) is 4.79 Å². The summed E-state index contributed by atoms with van der Waals surface area (Å²) in [6.07, 6.45) is 0.848. The quantitative estimate of drug-likeness (QED) is 0.913. The summed E-state index contributed by atoms with van der Waals surface area (Å²) in [5.41, 5.74) is 0.995. The Hall–Kier alpha value is -1.38. The molecule has 1 heterocycles. The fraction of sp³-hybridized carbons (Fsp3) is 0.385. The minimum atomic E-state index is -0.134. The lowest BCUT2D eigenvalue weighted by Crippen LogP contribution is -2.23. The van der Waals surface area contributed by atoms with Crippen LogP contribution in [0.3, 0.4) is 0 Å². The maximum Gasteiger partial charge on any atom is 0.229 e. The van der Waals surface area contributed by atoms with Gasteiger partial charge in [0.1, 0.15) is 6.07 Å². The number of anilines is 1. The molecule has 1 N–H and O–H groups in total. The molecule has 1 fully saturated rings. The molecule has 2 rings (SSSR count). The van der Waals surface area contributed by atoms with Crippen LogP contribution < -0.4 is 5.32 Å². The van der Waals surface area contributed by atoms with Crippen LogP contribution >= 0.6 is 15.9 Å². The molecule has 2 atom stereocenters. The van der Waals surface area contributed by atoms with Gasteiger partial charge in [-0.25, -0.2) is 0 Å². The van der Waals surface area contributed by atoms with Gasteiger partial charge in [-0.1, -0.05) is 15.9 Å². The Bertz CT molecular complexity index is 510. The van der Waals surface area contributed by atoms with E-state index in [1.165, 1.54) is 0 Å². The van der Waals surface area contributed by atoms with E-state index in [1.807, 2.05) is 6.92 Å². The van der Waals surface area contributed by atoms with Crippen molar-refractivity contribution in [2.24, 2.45) is 5.92 Å². The molecular formula is C13H13BrN2O2. The summed E-state index contributed by atoms with van der Waals surface area (Å²) in [4.78, 5) is 12.0. The van der Waals surface area contributed by atoms with Crippen molar-refractivity contribution in [2.45, 2.75) is 19.4 Å². The molecule has 1 saturated heterocycles. The van der Waals surface area contributed by atoms with Crippen molar-refractivity contribution in [3.8, 4) is 6.07 Å². The van der Waals surface area contributed by atoms with E-state index >= 15 is 0 Å². The maximum atomic E-state index is 12.0. The molecule has 1 aliphatic heterocycles. The zero-order valence-electron chi connectivity index (χ0n) is 9.94. The van der Waals surface area contributed by atoms with Crippen molar-refractivity contribution >= 4 is 27.5 Å². The number of nitrogens with one attached hydrogen (secondary N) is 1. The van der Waals surface area contributed by atoms with E-state index < -0.39 is 0 Å². The van der Waals surface area contributed by atoms with E-state index in [2.05, 4.69) is 27.3 Å². The first kappa shape index (κ1) is 13.1. The second-order valence-corrected chi connectivity index (χ2v) is 5.28. The Morgan fingerprint density at radius 1 is 1.61 bits per heavy atom. The second kappa shape index (κ2) is 5.51. The van der Waals surface area contributed by atoms with Gasteiger partial charge in [-0.3, -0.25) is 4.79 Å². The molecule has 0 aromatic heterocycles. The van der Waals surface area contributed by atoms with E-state index in [1.54, 1.807) is 18.2 Å². The Labute approximate surface area is 114 Å². The molecule has 94 valence electrons. The van der Waals surface area contributed by atoms with Crippen LogP contribution in [0, 0.1) is 17.2 Å². The number of hydrogen-bond acceptors (Lipinski definition) is 3. The third-order valence-corrected chi connectivity index (χ3v) is 3.42. The number of amides is 1. The zero-order valence-corrected chi connectivity index (χ0v) is 11.5. The summed E-state index contributed by atoms with van der Waals surface area (Å²) in [5, 5.41) is 11.8. The van der Waals surface area contributed by atoms with Crippen LogP contribution in [0.4, 0.5) is 5.69 Å². The highest BCUT2D eigenvalue weighted by Crippen LogP contribution is 2.24. The number of carbonyl (C=O) groups excluding carboxylic acids is 1. The number of hydrogen-bond donors (Lipinski definition) is 1. The van der Waals surface area contributed by atoms with Gasteiger partial charge in [0.15, 0.2) is 0 Å². The highest BCUT2D eigenvalue weighted by atomic mass is 79.9. The molecule has 0 bridgehead atoms. The predicted octanol–water partition coefficient (Wildman–Crippen LogP) is 2.68. The molecule has 1 amide bonds. The number of benzene rings is 1. The summed E-state index contributed by atoms with van der Waals surface area (Å²) < 4.78 is 6.20. The van der Waals surface area contributed by atoms with E-state index in [4.69, 9.17) is 10.00 Å². The minimum Gasteiger partial charge on any atom is -0.378 e. The third-order valence-electron chi connectivity index (χ3n) is 2.93. The fourth-order valence-corrected chi connectivity index (χ4v) is 2.31. The average molecular weight is 309 g/mol. The summed E-state index contributed by atoms with van der Waals surface area (Å²) >= 11 is 3.32. The SMILES string of the molecule is CC1CC(C(=O)Nc2cc(Br)ccc2C#N)CO1. The number of carbonyl (C=O) groups is 1. The van der Waals surface area contributed by atoms with Gasteiger partial charge in [0, 0.05) is 4.47 Å². The van der Waals surface area contributed by atoms with Gasteiger partial charge >= 0.3 is 0 Å². The van der Waals surface area contributed by atoms with Crippen LogP contribution in [0.25, 0.3) is 0 Å². The summed E-state index contributed by atoms with van der Waals surface area (Å²) in [7, 11) is 0. The van der Waals surface area contributed by atoms with Gasteiger partial charge in [-0.05, 0) is 31.5 Å². The summed E-state index contributed by atoms with van der Waals surface area (Å²) in [6, 6.07) is 7.24. The van der Waals surface area contributed by atoms with Crippen molar-refractivity contribution in [2.75, 3.05) is 11.9 Å². The first-order valence-electron chi connectivity index (χ1n) is 5.72. The lowest BCUT2D eigenvalue weighted by Gasteiger charge is -2.11. The van der Waals surface area contributed by atoms with Crippen molar-refractivity contribution in [1.29, 1.82) is 5.26 Å². The van der Waals surface area contributed by atoms with Crippen molar-refractivity contribution < 1.29 is 9.53 Å². The molecule has 0 radical (unpaired) electrons. The predicted molar refractivity (Wildman–Crippen MR) is 71.0 cm³/mol. The summed E-state index contributed by atoms with van der Waals surface area (Å²) in [6.45, 7) is 2.40. The van der Waals surface area contributed by atoms with Crippen molar-refractivity contribution in [3.05, 3.63) is 28.2 Å². The van der Waals surface area contributed by atoms with Crippen LogP contribution in [0.15, 0.2) is 22.7 Å². The van der Waals surface area contributed by atoms with Gasteiger partial charge in [0.05, 0.1) is 29.9 Å². The molecular weight excluding hydrogens is 296 g/mol. The molecule has 1 aromatic carbocycles. The molecule has 0 aliphatic carbocycles. The first-order chi connectivity index (χ1) is 8.60. The number of ether oxygens (including phenoxy) is 1. The fourth-order valence-electron chi connectivity index (χ4n) is 1.95. The van der Waals surface area contributed by atoms with Gasteiger partial charge < -0.3 is 10.1 Å². The highest BCUT2D eigenvalue weighted by Gasteiger charge is 2.28. The van der Waals surface area contributed by atoms with Crippen LogP contribution in [-0.4, -0.2) is 18.6 Å². The topological polar surface area (TPSA) is 62.1 Å². The molecule has 1 aliphatic rings. The van der Waals surface area contributed by atoms with E-state index in [0.717, 1.165) is 10.9 Å². The van der Waals surface area contributed by atoms with Crippen molar-refractivity contribution in [3.63, 3.8) is 0 Å². The number of nitrogens with zero attached hydrogens (tertiary/aromatic N) is 1. The van der Waals surface area contributed by atoms with Gasteiger partial charge in [0.2, 0.25) is 5.91 Å². The first-order valence-corrected chi connectivity index (χ1v) is 6.51. The number of nitriles is 1. The number of halogens is 1. The van der Waals surface area contributed by atoms with Crippen LogP contribution in [0.2, 0.25) is 0 Å². The Morgan fingerprint density at radius 2 is 2.39 bits per heavy atom. The monoisotopic (exact) mass is 308 g/mol. The van der Waals surface area contributed by atoms with Crippen molar-refractivity contribution in [1.82, 2.24) is 0 Å². The lowest BCUT2D eigenvalue weighted by molar-refractivity contribution is -0.119. The smallest absolute Gasteiger partial charge is 0.229 e. The molecule has 2 unspecified atom stereocenters. The molecule has 0 saturated carbocycles. The van der Waals surface area contributed by atoms with Crippen LogP contribution in [0.1, 0.15) is 18.9 Å². The minimum absolute atomic E-state index is 0.0889. The Morgan fingerprint density at radius 3 is 3.00 bits per heavy atom. The molecule has 1 aromatic rings. The zero-order chi connectivity index (χ0) is 13.1. The van der Waals surface area contributed by atoms with Gasteiger partial charge in [0.25, 0.3) is 0 Å². The molecule has 18 heavy (non-hydrogen) atoms. The van der Waals surface area contributed by atoms with E-state index in [0.29, 0.717) is 17.9 Å². The van der Waals surface area contributed by atoms with Crippen LogP contribution in [0.5, 0.6) is 0 Å². The maximum absolute atomic E-state index is 12.0. The molecule has 5 heteroatoms. The number of rotatable bonds is 2. The van der Waals surface area contributed by atoms with Crippen LogP contribution in [-0.2, 0) is 9.53 Å². The molecule has 4 nitrogen and oxygen atoms in total. The molecule has 0 spiro atoms. The van der Waals surface area contributed by atoms with E-state index in [-0.39, 0.29) is 17.9 Å². The Kier molecular flexibility index (Phi) is 4.00. The van der Waals surface area contributed by atoms with Gasteiger partial charge in [-0.2, -0.15) is 5.26 Å². The lowest BCUT2D eigenvalue weighted by atomic mass is 10.1. The Balaban J connectivity index is 2.12. The normalized spacial score (nSPS) is 22.5. The highest BCUT2D eigenvalue weighted by molar-refractivity contribution is 9.10. The van der Waals surface area contributed by atoms with Gasteiger partial charge in [-0.15, -0.1) is 0 Å². The summed E-state index contributed by atoms with van der Waals surface area (Å²) in [5.74, 6) is -0.223. The third kappa shape index (κ3) is 2.89. The average Bonchev–Trinajstić information content (AvgIpc) is 2.76. The largest absolute Gasteiger partial charge is 0.378 e. The standard InChI is InChI=1S/C13H13BrN2O2/c1-8-4-10(7-18-8)13(17)16-12-5-11(14)3-2-9(12)6-15/h2-3,5,8,10H,4,7H2,1H3,(H,16,17).